The highest BCUT2D eigenvalue weighted by molar-refractivity contribution is 5.77. The zero-order valence-electron chi connectivity index (χ0n) is 12.4. The van der Waals surface area contributed by atoms with Crippen LogP contribution >= 0.6 is 0 Å². The number of hydrogen-bond acceptors (Lipinski definition) is 5. The Morgan fingerprint density at radius 3 is 2.85 bits per heavy atom. The van der Waals surface area contributed by atoms with Gasteiger partial charge in [0.15, 0.2) is 5.82 Å². The van der Waals surface area contributed by atoms with Crippen LogP contribution in [0.15, 0.2) is 0 Å². The molecule has 20 heavy (non-hydrogen) atoms. The van der Waals surface area contributed by atoms with Crippen LogP contribution in [0.25, 0.3) is 0 Å². The van der Waals surface area contributed by atoms with Gasteiger partial charge in [-0.05, 0) is 42.7 Å². The average Bonchev–Trinajstić information content (AvgIpc) is 3.17. The van der Waals surface area contributed by atoms with Crippen molar-refractivity contribution >= 4 is 5.91 Å². The molecule has 0 bridgehead atoms. The van der Waals surface area contributed by atoms with Crippen LogP contribution in [0.5, 0.6) is 0 Å². The third kappa shape index (κ3) is 4.26. The maximum Gasteiger partial charge on any atom is 0.234 e. The lowest BCUT2D eigenvalue weighted by molar-refractivity contribution is -0.122. The van der Waals surface area contributed by atoms with Crippen LogP contribution in [0.4, 0.5) is 0 Å². The molecule has 0 spiro atoms. The minimum Gasteiger partial charge on any atom is -0.355 e. The van der Waals surface area contributed by atoms with Gasteiger partial charge in [0.25, 0.3) is 0 Å². The van der Waals surface area contributed by atoms with Gasteiger partial charge in [-0.3, -0.25) is 9.69 Å². The van der Waals surface area contributed by atoms with Gasteiger partial charge < -0.3 is 5.32 Å². The molecule has 0 atom stereocenters. The van der Waals surface area contributed by atoms with Crippen LogP contribution in [0.3, 0.4) is 0 Å². The molecular formula is C13H24N6O. The Labute approximate surface area is 119 Å². The summed E-state index contributed by atoms with van der Waals surface area (Å²) in [4.78, 5) is 13.9. The highest BCUT2D eigenvalue weighted by atomic mass is 16.2. The van der Waals surface area contributed by atoms with E-state index in [1.807, 2.05) is 11.6 Å². The highest BCUT2D eigenvalue weighted by Crippen LogP contribution is 2.34. The Morgan fingerprint density at radius 2 is 2.20 bits per heavy atom. The third-order valence-electron chi connectivity index (χ3n) is 3.30. The van der Waals surface area contributed by atoms with Crippen LogP contribution in [-0.2, 0) is 11.3 Å². The van der Waals surface area contributed by atoms with Gasteiger partial charge in [0.1, 0.15) is 0 Å². The van der Waals surface area contributed by atoms with Gasteiger partial charge in [0, 0.05) is 6.54 Å². The summed E-state index contributed by atoms with van der Waals surface area (Å²) >= 11 is 0. The quantitative estimate of drug-likeness (QED) is 0.722. The van der Waals surface area contributed by atoms with Crippen molar-refractivity contribution in [1.29, 1.82) is 0 Å². The molecule has 1 aliphatic carbocycles. The average molecular weight is 280 g/mol. The van der Waals surface area contributed by atoms with Crippen LogP contribution in [-0.4, -0.2) is 50.6 Å². The summed E-state index contributed by atoms with van der Waals surface area (Å²) in [7, 11) is 0. The Bertz CT molecular complexity index is 428. The van der Waals surface area contributed by atoms with E-state index in [0.717, 1.165) is 44.6 Å². The summed E-state index contributed by atoms with van der Waals surface area (Å²) in [5.41, 5.74) is 0. The van der Waals surface area contributed by atoms with Crippen molar-refractivity contribution < 1.29 is 4.79 Å². The van der Waals surface area contributed by atoms with E-state index in [1.54, 1.807) is 0 Å². The molecule has 0 aliphatic heterocycles. The monoisotopic (exact) mass is 280 g/mol. The second-order valence-corrected chi connectivity index (χ2v) is 5.33. The SMILES string of the molecule is CCCNC(=O)CN(CCC)Cc1nnnn1C1CC1. The first-order chi connectivity index (χ1) is 9.74. The van der Waals surface area contributed by atoms with Crippen LogP contribution in [0.1, 0.15) is 51.4 Å². The molecule has 112 valence electrons. The number of carbonyl (C=O) groups excluding carboxylic acids is 1. The number of amides is 1. The highest BCUT2D eigenvalue weighted by Gasteiger charge is 2.28. The van der Waals surface area contributed by atoms with Crippen molar-refractivity contribution in [2.75, 3.05) is 19.6 Å². The fourth-order valence-electron chi connectivity index (χ4n) is 2.17. The molecule has 2 rings (SSSR count). The number of nitrogens with zero attached hydrogens (tertiary/aromatic N) is 5. The molecule has 1 aromatic heterocycles. The lowest BCUT2D eigenvalue weighted by Crippen LogP contribution is -2.38. The predicted octanol–water partition coefficient (Wildman–Crippen LogP) is 0.746. The molecule has 7 nitrogen and oxygen atoms in total. The maximum absolute atomic E-state index is 11.8. The smallest absolute Gasteiger partial charge is 0.234 e. The van der Waals surface area contributed by atoms with Crippen molar-refractivity contribution in [2.24, 2.45) is 0 Å². The second-order valence-electron chi connectivity index (χ2n) is 5.33. The molecule has 1 heterocycles. The molecule has 1 fully saturated rings. The van der Waals surface area contributed by atoms with E-state index in [4.69, 9.17) is 0 Å². The van der Waals surface area contributed by atoms with Gasteiger partial charge in [-0.1, -0.05) is 13.8 Å². The zero-order valence-corrected chi connectivity index (χ0v) is 12.4. The lowest BCUT2D eigenvalue weighted by Gasteiger charge is -2.20. The standard InChI is InChI=1S/C13H24N6O/c1-3-7-14-13(20)10-18(8-4-2)9-12-15-16-17-19(12)11-5-6-11/h11H,3-10H2,1-2H3,(H,14,20). The molecule has 0 saturated heterocycles. The second kappa shape index (κ2) is 7.33. The summed E-state index contributed by atoms with van der Waals surface area (Å²) in [6.07, 6.45) is 4.27. The normalized spacial score (nSPS) is 14.8. The van der Waals surface area contributed by atoms with Gasteiger partial charge >= 0.3 is 0 Å². The van der Waals surface area contributed by atoms with Gasteiger partial charge in [0.05, 0.1) is 19.1 Å². The van der Waals surface area contributed by atoms with Gasteiger partial charge in [0.2, 0.25) is 5.91 Å². The molecule has 1 saturated carbocycles. The number of tetrazole rings is 1. The lowest BCUT2D eigenvalue weighted by atomic mass is 10.3. The van der Waals surface area contributed by atoms with Crippen molar-refractivity contribution in [2.45, 2.75) is 52.1 Å². The Morgan fingerprint density at radius 1 is 1.40 bits per heavy atom. The first-order valence-corrected chi connectivity index (χ1v) is 7.50. The molecule has 1 aromatic rings. The van der Waals surface area contributed by atoms with E-state index >= 15 is 0 Å². The first kappa shape index (κ1) is 14.9. The minimum atomic E-state index is 0.0748. The molecule has 0 aromatic carbocycles. The van der Waals surface area contributed by atoms with E-state index in [9.17, 15) is 4.79 Å². The summed E-state index contributed by atoms with van der Waals surface area (Å²) in [6, 6.07) is 0.470. The molecule has 1 amide bonds. The van der Waals surface area contributed by atoms with Crippen molar-refractivity contribution in [3.05, 3.63) is 5.82 Å². The van der Waals surface area contributed by atoms with E-state index in [0.29, 0.717) is 19.1 Å². The van der Waals surface area contributed by atoms with Crippen molar-refractivity contribution in [3.63, 3.8) is 0 Å². The summed E-state index contributed by atoms with van der Waals surface area (Å²) < 4.78 is 1.91. The third-order valence-corrected chi connectivity index (χ3v) is 3.30. The number of carbonyl (C=O) groups is 1. The largest absolute Gasteiger partial charge is 0.355 e. The van der Waals surface area contributed by atoms with E-state index in [-0.39, 0.29) is 5.91 Å². The fraction of sp³-hybridized carbons (Fsp3) is 0.846. The number of aromatic nitrogens is 4. The number of nitrogens with one attached hydrogen (secondary N) is 1. The van der Waals surface area contributed by atoms with Crippen LogP contribution in [0.2, 0.25) is 0 Å². The van der Waals surface area contributed by atoms with E-state index in [2.05, 4.69) is 32.7 Å². The first-order valence-electron chi connectivity index (χ1n) is 7.50. The molecule has 1 aliphatic rings. The van der Waals surface area contributed by atoms with Gasteiger partial charge in [-0.25, -0.2) is 4.68 Å². The molecule has 0 radical (unpaired) electrons. The van der Waals surface area contributed by atoms with Crippen molar-refractivity contribution in [1.82, 2.24) is 30.4 Å². The molecular weight excluding hydrogens is 256 g/mol. The Hall–Kier alpha value is -1.50. The Balaban J connectivity index is 1.90. The van der Waals surface area contributed by atoms with Crippen LogP contribution < -0.4 is 5.32 Å². The minimum absolute atomic E-state index is 0.0748. The summed E-state index contributed by atoms with van der Waals surface area (Å²) in [6.45, 7) is 6.81. The molecule has 1 N–H and O–H groups in total. The Kier molecular flexibility index (Phi) is 5.46. The predicted molar refractivity (Wildman–Crippen MR) is 75.0 cm³/mol. The van der Waals surface area contributed by atoms with E-state index in [1.165, 1.54) is 0 Å². The van der Waals surface area contributed by atoms with E-state index < -0.39 is 0 Å². The zero-order chi connectivity index (χ0) is 14.4. The summed E-state index contributed by atoms with van der Waals surface area (Å²) in [5.74, 6) is 0.940. The maximum atomic E-state index is 11.8. The molecule has 7 heteroatoms. The fourth-order valence-corrected chi connectivity index (χ4v) is 2.17. The topological polar surface area (TPSA) is 75.9 Å². The van der Waals surface area contributed by atoms with Crippen LogP contribution in [0, 0.1) is 0 Å². The van der Waals surface area contributed by atoms with Crippen molar-refractivity contribution in [3.8, 4) is 0 Å². The number of rotatable bonds is 9. The van der Waals surface area contributed by atoms with Gasteiger partial charge in [-0.2, -0.15) is 0 Å². The summed E-state index contributed by atoms with van der Waals surface area (Å²) in [5, 5.41) is 14.8. The van der Waals surface area contributed by atoms with Gasteiger partial charge in [-0.15, -0.1) is 5.10 Å². The molecule has 0 unspecified atom stereocenters. The number of hydrogen-bond donors (Lipinski definition) is 1.